The quantitative estimate of drug-likeness (QED) is 0.875. The van der Waals surface area contributed by atoms with E-state index in [2.05, 4.69) is 17.4 Å². The Hall–Kier alpha value is -1.55. The van der Waals surface area contributed by atoms with Gasteiger partial charge in [-0.25, -0.2) is 0 Å². The van der Waals surface area contributed by atoms with Gasteiger partial charge in [0.1, 0.15) is 0 Å². The molecule has 0 saturated heterocycles. The lowest BCUT2D eigenvalue weighted by atomic mass is 9.93. The number of anilines is 1. The Bertz CT molecular complexity index is 420. The number of hydrogen-bond acceptors (Lipinski definition) is 3. The zero-order valence-electron chi connectivity index (χ0n) is 11.0. The van der Waals surface area contributed by atoms with Crippen LogP contribution in [-0.4, -0.2) is 44.7 Å². The summed E-state index contributed by atoms with van der Waals surface area (Å²) in [6.07, 6.45) is 0.819. The van der Waals surface area contributed by atoms with Crippen molar-refractivity contribution in [1.29, 1.82) is 0 Å². The first-order valence-electron chi connectivity index (χ1n) is 6.28. The van der Waals surface area contributed by atoms with Gasteiger partial charge in [0.25, 0.3) is 0 Å². The van der Waals surface area contributed by atoms with Crippen LogP contribution in [0.4, 0.5) is 5.69 Å². The van der Waals surface area contributed by atoms with E-state index >= 15 is 0 Å². The van der Waals surface area contributed by atoms with Crippen LogP contribution in [0.2, 0.25) is 0 Å². The number of nitrogens with zero attached hydrogens (tertiary/aromatic N) is 1. The van der Waals surface area contributed by atoms with Crippen molar-refractivity contribution in [3.05, 3.63) is 29.8 Å². The monoisotopic (exact) mass is 248 g/mol. The first-order valence-corrected chi connectivity index (χ1v) is 6.28. The van der Waals surface area contributed by atoms with E-state index in [9.17, 15) is 4.79 Å². The van der Waals surface area contributed by atoms with E-state index < -0.39 is 0 Å². The molecule has 1 unspecified atom stereocenters. The fourth-order valence-electron chi connectivity index (χ4n) is 2.27. The Morgan fingerprint density at radius 2 is 2.28 bits per heavy atom. The second-order valence-corrected chi connectivity index (χ2v) is 4.69. The summed E-state index contributed by atoms with van der Waals surface area (Å²) in [4.78, 5) is 14.0. The molecule has 0 bridgehead atoms. The molecule has 1 heterocycles. The number of methoxy groups -OCH3 is 1. The number of hydrogen-bond donors (Lipinski definition) is 1. The number of carbonyl (C=O) groups is 1. The molecule has 0 fully saturated rings. The number of para-hydroxylation sites is 1. The van der Waals surface area contributed by atoms with Crippen LogP contribution in [0.15, 0.2) is 24.3 Å². The van der Waals surface area contributed by atoms with Crippen molar-refractivity contribution in [2.45, 2.75) is 6.42 Å². The van der Waals surface area contributed by atoms with Gasteiger partial charge in [0.15, 0.2) is 0 Å². The highest BCUT2D eigenvalue weighted by Crippen LogP contribution is 2.25. The summed E-state index contributed by atoms with van der Waals surface area (Å²) in [6.45, 7) is 1.94. The van der Waals surface area contributed by atoms with E-state index in [0.29, 0.717) is 19.7 Å². The number of ether oxygens (including phenoxy) is 1. The van der Waals surface area contributed by atoms with Gasteiger partial charge in [0, 0.05) is 32.9 Å². The standard InChI is InChI=1S/C14H20N2O2/c1-16(7-8-18-2)14(17)12-9-11-5-3-4-6-13(11)15-10-12/h3-6,12,15H,7-10H2,1-2H3. The van der Waals surface area contributed by atoms with E-state index in [1.807, 2.05) is 19.2 Å². The lowest BCUT2D eigenvalue weighted by Crippen LogP contribution is -2.40. The summed E-state index contributed by atoms with van der Waals surface area (Å²) in [5.74, 6) is 0.218. The average molecular weight is 248 g/mol. The van der Waals surface area contributed by atoms with Crippen LogP contribution in [0.5, 0.6) is 0 Å². The van der Waals surface area contributed by atoms with Crippen LogP contribution in [0.25, 0.3) is 0 Å². The van der Waals surface area contributed by atoms with Crippen molar-refractivity contribution in [2.24, 2.45) is 5.92 Å². The molecule has 18 heavy (non-hydrogen) atoms. The highest BCUT2D eigenvalue weighted by molar-refractivity contribution is 5.80. The molecule has 4 nitrogen and oxygen atoms in total. The van der Waals surface area contributed by atoms with Crippen molar-refractivity contribution in [3.63, 3.8) is 0 Å². The maximum Gasteiger partial charge on any atom is 0.227 e. The van der Waals surface area contributed by atoms with Crippen LogP contribution in [0.1, 0.15) is 5.56 Å². The minimum Gasteiger partial charge on any atom is -0.384 e. The second-order valence-electron chi connectivity index (χ2n) is 4.69. The molecule has 0 aromatic heterocycles. The summed E-state index contributed by atoms with van der Waals surface area (Å²) in [5.41, 5.74) is 2.38. The molecule has 0 radical (unpaired) electrons. The molecule has 1 N–H and O–H groups in total. The van der Waals surface area contributed by atoms with E-state index in [4.69, 9.17) is 4.74 Å². The number of likely N-dealkylation sites (N-methyl/N-ethyl adjacent to an activating group) is 1. The number of nitrogens with one attached hydrogen (secondary N) is 1. The van der Waals surface area contributed by atoms with Gasteiger partial charge in [-0.1, -0.05) is 18.2 Å². The maximum atomic E-state index is 12.2. The van der Waals surface area contributed by atoms with Crippen LogP contribution in [-0.2, 0) is 16.0 Å². The number of rotatable bonds is 4. The molecule has 0 aliphatic carbocycles. The van der Waals surface area contributed by atoms with Gasteiger partial charge in [-0.2, -0.15) is 0 Å². The zero-order valence-corrected chi connectivity index (χ0v) is 11.0. The second kappa shape index (κ2) is 5.87. The number of carbonyl (C=O) groups excluding carboxylic acids is 1. The molecule has 0 spiro atoms. The van der Waals surface area contributed by atoms with Crippen LogP contribution in [0, 0.1) is 5.92 Å². The van der Waals surface area contributed by atoms with E-state index in [1.54, 1.807) is 12.0 Å². The highest BCUT2D eigenvalue weighted by atomic mass is 16.5. The van der Waals surface area contributed by atoms with Crippen molar-refractivity contribution < 1.29 is 9.53 Å². The molecule has 1 aliphatic rings. The summed E-state index contributed by atoms with van der Waals surface area (Å²) >= 11 is 0. The van der Waals surface area contributed by atoms with Gasteiger partial charge in [-0.3, -0.25) is 4.79 Å². The predicted octanol–water partition coefficient (Wildman–Crippen LogP) is 1.38. The highest BCUT2D eigenvalue weighted by Gasteiger charge is 2.26. The Labute approximate surface area is 108 Å². The Morgan fingerprint density at radius 1 is 1.50 bits per heavy atom. The largest absolute Gasteiger partial charge is 0.384 e. The molecular formula is C14H20N2O2. The fraction of sp³-hybridized carbons (Fsp3) is 0.500. The van der Waals surface area contributed by atoms with Gasteiger partial charge >= 0.3 is 0 Å². The predicted molar refractivity (Wildman–Crippen MR) is 71.6 cm³/mol. The lowest BCUT2D eigenvalue weighted by Gasteiger charge is -2.28. The average Bonchev–Trinajstić information content (AvgIpc) is 2.43. The first kappa shape index (κ1) is 12.9. The smallest absolute Gasteiger partial charge is 0.227 e. The molecule has 1 aromatic rings. The topological polar surface area (TPSA) is 41.6 Å². The number of amides is 1. The summed E-state index contributed by atoms with van der Waals surface area (Å²) in [5, 5.41) is 3.33. The molecule has 1 atom stereocenters. The third kappa shape index (κ3) is 2.82. The Morgan fingerprint density at radius 3 is 3.06 bits per heavy atom. The van der Waals surface area contributed by atoms with Crippen molar-refractivity contribution in [2.75, 3.05) is 39.2 Å². The first-order chi connectivity index (χ1) is 8.72. The van der Waals surface area contributed by atoms with Crippen LogP contribution < -0.4 is 5.32 Å². The van der Waals surface area contributed by atoms with Crippen LogP contribution in [0.3, 0.4) is 0 Å². The maximum absolute atomic E-state index is 12.2. The van der Waals surface area contributed by atoms with Crippen LogP contribution >= 0.6 is 0 Å². The van der Waals surface area contributed by atoms with Gasteiger partial charge < -0.3 is 15.0 Å². The fourth-order valence-corrected chi connectivity index (χ4v) is 2.27. The van der Waals surface area contributed by atoms with E-state index in [-0.39, 0.29) is 11.8 Å². The van der Waals surface area contributed by atoms with E-state index in [1.165, 1.54) is 5.56 Å². The van der Waals surface area contributed by atoms with Gasteiger partial charge in [0.05, 0.1) is 12.5 Å². The summed E-state index contributed by atoms with van der Waals surface area (Å²) < 4.78 is 5.00. The Kier molecular flexibility index (Phi) is 4.20. The van der Waals surface area contributed by atoms with Gasteiger partial charge in [-0.05, 0) is 18.1 Å². The van der Waals surface area contributed by atoms with E-state index in [0.717, 1.165) is 12.1 Å². The molecule has 98 valence electrons. The molecule has 4 heteroatoms. The number of benzene rings is 1. The summed E-state index contributed by atoms with van der Waals surface area (Å²) in [6, 6.07) is 8.17. The zero-order chi connectivity index (χ0) is 13.0. The molecule has 2 rings (SSSR count). The third-order valence-corrected chi connectivity index (χ3v) is 3.38. The minimum absolute atomic E-state index is 0.0294. The van der Waals surface area contributed by atoms with Crippen molar-refractivity contribution in [1.82, 2.24) is 4.90 Å². The van der Waals surface area contributed by atoms with Crippen molar-refractivity contribution in [3.8, 4) is 0 Å². The lowest BCUT2D eigenvalue weighted by molar-refractivity contribution is -0.134. The SMILES string of the molecule is COCCN(C)C(=O)C1CNc2ccccc2C1. The minimum atomic E-state index is 0.0294. The molecule has 1 aromatic carbocycles. The molecule has 0 saturated carbocycles. The summed E-state index contributed by atoms with van der Waals surface area (Å²) in [7, 11) is 3.48. The Balaban J connectivity index is 1.98. The molecule has 1 amide bonds. The van der Waals surface area contributed by atoms with Gasteiger partial charge in [0.2, 0.25) is 5.91 Å². The van der Waals surface area contributed by atoms with Crippen molar-refractivity contribution >= 4 is 11.6 Å². The molecular weight excluding hydrogens is 228 g/mol. The third-order valence-electron chi connectivity index (χ3n) is 3.38. The number of fused-ring (bicyclic) bond motifs is 1. The molecule has 1 aliphatic heterocycles. The normalized spacial score (nSPS) is 17.8. The van der Waals surface area contributed by atoms with Gasteiger partial charge in [-0.15, -0.1) is 0 Å².